The van der Waals surface area contributed by atoms with E-state index in [2.05, 4.69) is 41.4 Å². The lowest BCUT2D eigenvalue weighted by Gasteiger charge is -2.39. The summed E-state index contributed by atoms with van der Waals surface area (Å²) in [6, 6.07) is 9.55. The Morgan fingerprint density at radius 2 is 1.75 bits per heavy atom. The Morgan fingerprint density at radius 1 is 1.04 bits per heavy atom. The zero-order valence-electron chi connectivity index (χ0n) is 31.0. The third-order valence-electron chi connectivity index (χ3n) is 10.1. The number of hydrogen-bond donors (Lipinski definition) is 7. The van der Waals surface area contributed by atoms with Crippen molar-refractivity contribution in [2.45, 2.75) is 89.5 Å². The number of carbonyl (C=O) groups excluding carboxylic acids is 6. The van der Waals surface area contributed by atoms with E-state index in [1.54, 1.807) is 6.92 Å². The molecule has 0 aliphatic carbocycles. The molecule has 2 aliphatic heterocycles. The lowest BCUT2D eigenvalue weighted by atomic mass is 10.0. The van der Waals surface area contributed by atoms with Gasteiger partial charge >= 0.3 is 7.60 Å². The first-order chi connectivity index (χ1) is 25.9. The highest BCUT2D eigenvalue weighted by Crippen LogP contribution is 2.39. The van der Waals surface area contributed by atoms with Gasteiger partial charge in [-0.15, -0.1) is 0 Å². The number of carbonyl (C=O) groups is 6. The Morgan fingerprint density at radius 3 is 2.38 bits per heavy atom. The molecule has 2 saturated heterocycles. The number of aromatic nitrogens is 1. The minimum Gasteiger partial charge on any atom is -0.373 e. The third-order valence-corrected chi connectivity index (χ3v) is 10.9. The van der Waals surface area contributed by atoms with Crippen LogP contribution in [0.2, 0.25) is 0 Å². The van der Waals surface area contributed by atoms with Crippen LogP contribution in [0.5, 0.6) is 0 Å². The van der Waals surface area contributed by atoms with Crippen LogP contribution in [0.15, 0.2) is 60.8 Å². The van der Waals surface area contributed by atoms with Crippen molar-refractivity contribution < 1.29 is 43.1 Å². The molecule has 8 N–H and O–H groups in total. The molecule has 16 nitrogen and oxygen atoms in total. The molecule has 0 radical (unpaired) electrons. The van der Waals surface area contributed by atoms with Gasteiger partial charge in [-0.05, 0) is 73.9 Å². The molecule has 55 heavy (non-hydrogen) atoms. The summed E-state index contributed by atoms with van der Waals surface area (Å²) in [7, 11) is -5.03. The maximum Gasteiger partial charge on any atom is 0.396 e. The van der Waals surface area contributed by atoms with Crippen LogP contribution in [0.1, 0.15) is 90.8 Å². The molecule has 3 heterocycles. The Kier molecular flexibility index (Phi) is 12.6. The van der Waals surface area contributed by atoms with E-state index in [1.807, 2.05) is 29.2 Å². The summed E-state index contributed by atoms with van der Waals surface area (Å²) >= 11 is 0. The largest absolute Gasteiger partial charge is 0.396 e. The normalized spacial score (nSPS) is 19.3. The van der Waals surface area contributed by atoms with Gasteiger partial charge in [-0.3, -0.25) is 33.3 Å². The zero-order chi connectivity index (χ0) is 40.2. The van der Waals surface area contributed by atoms with Crippen molar-refractivity contribution in [2.24, 2.45) is 5.73 Å². The minimum atomic E-state index is -5.03. The molecule has 1 aromatic heterocycles. The van der Waals surface area contributed by atoms with Crippen LogP contribution in [-0.2, 0) is 30.3 Å². The molecule has 2 fully saturated rings. The number of fused-ring (bicyclic) bond motifs is 2. The molecule has 17 heteroatoms. The molecule has 0 bridgehead atoms. The molecule has 5 amide bonds. The number of nitrogens with one attached hydrogen (secondary N) is 4. The number of amides is 5. The highest BCUT2D eigenvalue weighted by molar-refractivity contribution is 7.70. The van der Waals surface area contributed by atoms with Crippen LogP contribution < -0.4 is 21.7 Å². The summed E-state index contributed by atoms with van der Waals surface area (Å²) in [6.45, 7) is 10.7. The van der Waals surface area contributed by atoms with E-state index in [1.165, 1.54) is 29.2 Å². The topological polar surface area (TPSA) is 244 Å². The molecule has 4 atom stereocenters. The van der Waals surface area contributed by atoms with Gasteiger partial charge in [0.15, 0.2) is 0 Å². The fraction of sp³-hybridized carbons (Fsp3) is 0.421. The highest BCUT2D eigenvalue weighted by Gasteiger charge is 2.45. The van der Waals surface area contributed by atoms with E-state index < -0.39 is 60.8 Å². The molecule has 2 aliphatic rings. The molecule has 294 valence electrons. The number of primary amides is 1. The number of benzene rings is 2. The second-order valence-corrected chi connectivity index (χ2v) is 16.0. The molecule has 3 aromatic rings. The lowest BCUT2D eigenvalue weighted by Crippen LogP contribution is -2.61. The average molecular weight is 778 g/mol. The first-order valence-corrected chi connectivity index (χ1v) is 19.8. The Labute approximate surface area is 318 Å². The number of nitrogens with zero attached hydrogens (tertiary/aromatic N) is 2. The summed E-state index contributed by atoms with van der Waals surface area (Å²) in [5, 5.41) is 8.72. The van der Waals surface area contributed by atoms with Crippen molar-refractivity contribution in [3.05, 3.63) is 83.2 Å². The van der Waals surface area contributed by atoms with Gasteiger partial charge in [0.25, 0.3) is 11.4 Å². The van der Waals surface area contributed by atoms with Crippen LogP contribution in [0.3, 0.4) is 0 Å². The van der Waals surface area contributed by atoms with Crippen LogP contribution in [0.25, 0.3) is 10.9 Å². The number of rotatable bonds is 14. The summed E-state index contributed by atoms with van der Waals surface area (Å²) < 4.78 is 11.5. The van der Waals surface area contributed by atoms with Crippen LogP contribution in [0, 0.1) is 0 Å². The van der Waals surface area contributed by atoms with Crippen molar-refractivity contribution in [1.82, 2.24) is 30.7 Å². The molecule has 0 spiro atoms. The van der Waals surface area contributed by atoms with Crippen molar-refractivity contribution >= 4 is 53.6 Å². The smallest absolute Gasteiger partial charge is 0.373 e. The molecule has 5 rings (SSSR count). The Balaban J connectivity index is 1.33. The number of allylic oxidation sites excluding steroid dienone is 1. The Bertz CT molecular complexity index is 2040. The van der Waals surface area contributed by atoms with E-state index in [4.69, 9.17) is 5.73 Å². The second-order valence-electron chi connectivity index (χ2n) is 14.5. The summed E-state index contributed by atoms with van der Waals surface area (Å²) in [6.07, 6.45) is 1.13. The quantitative estimate of drug-likeness (QED) is 0.118. The number of H-pyrrole nitrogens is 1. The maximum absolute atomic E-state index is 14.4. The SMILES string of the molecule is C=C(C)N1CC[C@H]2CC[C@@H](C(=O)N[C@@H](CCC(N)=O)C(=O)NCc3ccc(C(C)C)cc3)N2C(=O)[C@@H](NC(=O)c2cc3cc(C(=O)P(=O)(O)O)ccc3[nH]2)C1. The maximum atomic E-state index is 14.4. The fourth-order valence-corrected chi connectivity index (χ4v) is 7.51. The van der Waals surface area contributed by atoms with Gasteiger partial charge in [0.05, 0.1) is 0 Å². The number of nitrogens with two attached hydrogens (primary N) is 1. The number of hydrogen-bond acceptors (Lipinski definition) is 8. The van der Waals surface area contributed by atoms with Crippen molar-refractivity contribution in [3.8, 4) is 0 Å². The minimum absolute atomic E-state index is 0.0268. The second kappa shape index (κ2) is 17.0. The average Bonchev–Trinajstić information content (AvgIpc) is 3.76. The van der Waals surface area contributed by atoms with Gasteiger partial charge < -0.3 is 46.3 Å². The van der Waals surface area contributed by atoms with Crippen molar-refractivity contribution in [2.75, 3.05) is 13.1 Å². The predicted octanol–water partition coefficient (Wildman–Crippen LogP) is 2.37. The zero-order valence-corrected chi connectivity index (χ0v) is 31.9. The molecule has 0 unspecified atom stereocenters. The van der Waals surface area contributed by atoms with E-state index in [0.717, 1.165) is 11.1 Å². The highest BCUT2D eigenvalue weighted by atomic mass is 31.2. The first-order valence-electron chi connectivity index (χ1n) is 18.1. The van der Waals surface area contributed by atoms with Gasteiger partial charge in [0.1, 0.15) is 23.8 Å². The van der Waals surface area contributed by atoms with Crippen molar-refractivity contribution in [3.63, 3.8) is 0 Å². The standard InChI is InChI=1S/C38H48N7O9P/c1-21(2)24-7-5-23(6-8-24)19-40-34(47)29(12-14-33(39)46)42-36(49)32-13-10-27-15-16-44(22(3)4)20-31(37(50)45(27)32)43-35(48)30-18-26-17-25(9-11-28(26)41-30)38(51)55(52,53)54/h5-9,11,17-18,21,27,29,31-32,41H,3,10,12-16,19-20H2,1-2,4H3,(H2,39,46)(H,40,47)(H,42,49)(H,43,48)(H2,52,53,54)/t27-,29+,31+,32+/m1/s1. The number of aromatic amines is 1. The first kappa shape index (κ1) is 40.9. The third kappa shape index (κ3) is 9.87. The molecular weight excluding hydrogens is 729 g/mol. The molecule has 0 saturated carbocycles. The van der Waals surface area contributed by atoms with Gasteiger partial charge in [0, 0.05) is 54.3 Å². The van der Waals surface area contributed by atoms with E-state index >= 15 is 0 Å². The molecule has 2 aromatic carbocycles. The summed E-state index contributed by atoms with van der Waals surface area (Å²) in [4.78, 5) is 104. The van der Waals surface area contributed by atoms with Gasteiger partial charge in [-0.25, -0.2) is 0 Å². The van der Waals surface area contributed by atoms with Gasteiger partial charge in [-0.2, -0.15) is 0 Å². The van der Waals surface area contributed by atoms with Crippen LogP contribution in [-0.4, -0.2) is 96.9 Å². The van der Waals surface area contributed by atoms with Crippen LogP contribution >= 0.6 is 7.60 Å². The fourth-order valence-electron chi connectivity index (χ4n) is 7.03. The molecular formula is C38H48N7O9P. The lowest BCUT2D eigenvalue weighted by molar-refractivity contribution is -0.143. The van der Waals surface area contributed by atoms with Crippen LogP contribution in [0.4, 0.5) is 0 Å². The van der Waals surface area contributed by atoms with Gasteiger partial charge in [-0.1, -0.05) is 44.7 Å². The summed E-state index contributed by atoms with van der Waals surface area (Å²) in [5.41, 5.74) is 6.94. The van der Waals surface area contributed by atoms with Crippen molar-refractivity contribution in [1.29, 1.82) is 0 Å². The predicted molar refractivity (Wildman–Crippen MR) is 203 cm³/mol. The van der Waals surface area contributed by atoms with Gasteiger partial charge in [0.2, 0.25) is 23.6 Å². The van der Waals surface area contributed by atoms with E-state index in [9.17, 15) is 43.1 Å². The Hall–Kier alpha value is -5.31. The van der Waals surface area contributed by atoms with E-state index in [0.29, 0.717) is 48.3 Å². The monoisotopic (exact) mass is 777 g/mol. The summed E-state index contributed by atoms with van der Waals surface area (Å²) in [5.74, 6) is -2.54. The van der Waals surface area contributed by atoms with E-state index in [-0.39, 0.29) is 43.2 Å².